The third kappa shape index (κ3) is 3.88. The Morgan fingerprint density at radius 2 is 2.14 bits per heavy atom. The number of aromatic nitrogens is 1. The minimum atomic E-state index is -0.682. The lowest BCUT2D eigenvalue weighted by atomic mass is 10.3. The van der Waals surface area contributed by atoms with Crippen molar-refractivity contribution in [2.24, 2.45) is 0 Å². The Morgan fingerprint density at radius 3 is 2.86 bits per heavy atom. The van der Waals surface area contributed by atoms with Crippen molar-refractivity contribution in [1.82, 2.24) is 15.2 Å². The molecule has 0 bridgehead atoms. The lowest BCUT2D eigenvalue weighted by molar-refractivity contribution is -0.120. The number of rotatable bonds is 5. The van der Waals surface area contributed by atoms with Crippen molar-refractivity contribution in [3.8, 4) is 0 Å². The summed E-state index contributed by atoms with van der Waals surface area (Å²) in [7, 11) is 0. The van der Waals surface area contributed by atoms with Crippen molar-refractivity contribution in [3.63, 3.8) is 0 Å². The van der Waals surface area contributed by atoms with E-state index in [0.29, 0.717) is 17.1 Å². The van der Waals surface area contributed by atoms with E-state index in [0.717, 1.165) is 17.4 Å². The van der Waals surface area contributed by atoms with Crippen LogP contribution in [0.3, 0.4) is 0 Å². The van der Waals surface area contributed by atoms with Gasteiger partial charge in [0.25, 0.3) is 0 Å². The number of nitrogens with zero attached hydrogens (tertiary/aromatic N) is 1. The van der Waals surface area contributed by atoms with E-state index < -0.39 is 17.7 Å². The van der Waals surface area contributed by atoms with E-state index in [9.17, 15) is 14.4 Å². The highest BCUT2D eigenvalue weighted by molar-refractivity contribution is 6.31. The molecule has 0 saturated heterocycles. The van der Waals surface area contributed by atoms with Gasteiger partial charge in [0.1, 0.15) is 6.54 Å². The van der Waals surface area contributed by atoms with Crippen molar-refractivity contribution >= 4 is 34.6 Å². The van der Waals surface area contributed by atoms with Gasteiger partial charge in [-0.25, -0.2) is 9.59 Å². The fourth-order valence-corrected chi connectivity index (χ4v) is 2.08. The SMILES string of the molecule is CCCCNC(=O)NC(=O)Cn1c(=O)oc2cc(Cl)ccc21. The minimum Gasteiger partial charge on any atom is -0.408 e. The first kappa shape index (κ1) is 16.1. The number of urea groups is 1. The average molecular weight is 326 g/mol. The van der Waals surface area contributed by atoms with Gasteiger partial charge in [0.2, 0.25) is 5.91 Å². The van der Waals surface area contributed by atoms with E-state index in [-0.39, 0.29) is 12.1 Å². The van der Waals surface area contributed by atoms with Crippen LogP contribution in [-0.2, 0) is 11.3 Å². The van der Waals surface area contributed by atoms with Crippen molar-refractivity contribution < 1.29 is 14.0 Å². The van der Waals surface area contributed by atoms with Crippen LogP contribution in [0.15, 0.2) is 27.4 Å². The predicted molar refractivity (Wildman–Crippen MR) is 81.9 cm³/mol. The molecule has 0 unspecified atom stereocenters. The molecule has 1 aromatic heterocycles. The van der Waals surface area contributed by atoms with Gasteiger partial charge in [-0.3, -0.25) is 14.7 Å². The summed E-state index contributed by atoms with van der Waals surface area (Å²) in [5.74, 6) is -1.28. The fourth-order valence-electron chi connectivity index (χ4n) is 1.92. The summed E-state index contributed by atoms with van der Waals surface area (Å²) in [5, 5.41) is 5.14. The van der Waals surface area contributed by atoms with Crippen molar-refractivity contribution in [2.75, 3.05) is 6.54 Å². The van der Waals surface area contributed by atoms with Gasteiger partial charge in [-0.1, -0.05) is 24.9 Å². The Hall–Kier alpha value is -2.28. The zero-order valence-electron chi connectivity index (χ0n) is 12.0. The van der Waals surface area contributed by atoms with E-state index >= 15 is 0 Å². The van der Waals surface area contributed by atoms with Gasteiger partial charge >= 0.3 is 11.8 Å². The first-order valence-corrected chi connectivity index (χ1v) is 7.25. The summed E-state index contributed by atoms with van der Waals surface area (Å²) < 4.78 is 6.15. The lowest BCUT2D eigenvalue weighted by Crippen LogP contribution is -2.42. The van der Waals surface area contributed by atoms with Crippen LogP contribution in [-0.4, -0.2) is 23.1 Å². The number of amides is 3. The molecule has 0 atom stereocenters. The molecule has 8 heteroatoms. The summed E-state index contributed by atoms with van der Waals surface area (Å²) in [6, 6.07) is 4.08. The van der Waals surface area contributed by atoms with Gasteiger partial charge in [-0.15, -0.1) is 0 Å². The smallest absolute Gasteiger partial charge is 0.408 e. The molecule has 0 aliphatic carbocycles. The molecule has 2 aromatic rings. The highest BCUT2D eigenvalue weighted by Gasteiger charge is 2.14. The number of carbonyl (C=O) groups is 2. The number of hydrogen-bond donors (Lipinski definition) is 2. The predicted octanol–water partition coefficient (Wildman–Crippen LogP) is 1.87. The van der Waals surface area contributed by atoms with Gasteiger partial charge in [0, 0.05) is 17.6 Å². The average Bonchev–Trinajstić information content (AvgIpc) is 2.74. The number of unbranched alkanes of at least 4 members (excludes halogenated alkanes) is 1. The monoisotopic (exact) mass is 325 g/mol. The molecular weight excluding hydrogens is 310 g/mol. The Morgan fingerprint density at radius 1 is 1.36 bits per heavy atom. The second-order valence-electron chi connectivity index (χ2n) is 4.72. The van der Waals surface area contributed by atoms with E-state index in [2.05, 4.69) is 10.6 Å². The molecule has 0 fully saturated rings. The largest absolute Gasteiger partial charge is 0.420 e. The summed E-state index contributed by atoms with van der Waals surface area (Å²) in [6.07, 6.45) is 1.77. The molecule has 118 valence electrons. The minimum absolute atomic E-state index is 0.290. The molecule has 0 saturated carbocycles. The van der Waals surface area contributed by atoms with E-state index in [1.54, 1.807) is 12.1 Å². The van der Waals surface area contributed by atoms with Crippen LogP contribution in [0.25, 0.3) is 11.1 Å². The van der Waals surface area contributed by atoms with Crippen molar-refractivity contribution in [2.45, 2.75) is 26.3 Å². The second kappa shape index (κ2) is 7.13. The summed E-state index contributed by atoms with van der Waals surface area (Å²) >= 11 is 5.81. The van der Waals surface area contributed by atoms with Crippen molar-refractivity contribution in [1.29, 1.82) is 0 Å². The molecule has 0 radical (unpaired) electrons. The van der Waals surface area contributed by atoms with Crippen LogP contribution in [0.4, 0.5) is 4.79 Å². The van der Waals surface area contributed by atoms with Crippen LogP contribution < -0.4 is 16.4 Å². The van der Waals surface area contributed by atoms with Gasteiger partial charge in [0.15, 0.2) is 5.58 Å². The maximum absolute atomic E-state index is 11.8. The quantitative estimate of drug-likeness (QED) is 0.821. The molecule has 0 aliphatic rings. The number of benzene rings is 1. The highest BCUT2D eigenvalue weighted by atomic mass is 35.5. The number of imide groups is 1. The third-order valence-electron chi connectivity index (χ3n) is 3.00. The van der Waals surface area contributed by atoms with Crippen LogP contribution in [0.2, 0.25) is 5.02 Å². The van der Waals surface area contributed by atoms with Gasteiger partial charge in [-0.05, 0) is 18.6 Å². The van der Waals surface area contributed by atoms with Gasteiger partial charge in [0.05, 0.1) is 5.52 Å². The molecule has 2 N–H and O–H groups in total. The van der Waals surface area contributed by atoms with Crippen LogP contribution >= 0.6 is 11.6 Å². The van der Waals surface area contributed by atoms with E-state index in [4.69, 9.17) is 16.0 Å². The normalized spacial score (nSPS) is 10.6. The number of fused-ring (bicyclic) bond motifs is 1. The standard InChI is InChI=1S/C14H16ClN3O4/c1-2-3-6-16-13(20)17-12(19)8-18-10-5-4-9(15)7-11(10)22-14(18)21/h4-5,7H,2-3,6,8H2,1H3,(H2,16,17,19,20). The third-order valence-corrected chi connectivity index (χ3v) is 3.24. The Bertz CT molecular complexity index is 750. The molecule has 1 heterocycles. The highest BCUT2D eigenvalue weighted by Crippen LogP contribution is 2.18. The summed E-state index contributed by atoms with van der Waals surface area (Å²) in [6.45, 7) is 2.17. The molecule has 0 aliphatic heterocycles. The van der Waals surface area contributed by atoms with Crippen LogP contribution in [0.5, 0.6) is 0 Å². The first-order chi connectivity index (χ1) is 10.5. The molecule has 0 spiro atoms. The Balaban J connectivity index is 2.04. The number of halogens is 1. The van der Waals surface area contributed by atoms with Gasteiger partial charge < -0.3 is 9.73 Å². The lowest BCUT2D eigenvalue weighted by Gasteiger charge is -2.06. The maximum atomic E-state index is 11.8. The van der Waals surface area contributed by atoms with Crippen molar-refractivity contribution in [3.05, 3.63) is 33.8 Å². The fraction of sp³-hybridized carbons (Fsp3) is 0.357. The second-order valence-corrected chi connectivity index (χ2v) is 5.16. The summed E-state index contributed by atoms with van der Waals surface area (Å²) in [5.41, 5.74) is 0.730. The van der Waals surface area contributed by atoms with E-state index in [1.165, 1.54) is 6.07 Å². The number of hydrogen-bond acceptors (Lipinski definition) is 4. The van der Waals surface area contributed by atoms with Crippen LogP contribution in [0.1, 0.15) is 19.8 Å². The molecule has 2 rings (SSSR count). The zero-order chi connectivity index (χ0) is 16.1. The topological polar surface area (TPSA) is 93.3 Å². The molecule has 3 amide bonds. The molecule has 22 heavy (non-hydrogen) atoms. The summed E-state index contributed by atoms with van der Waals surface area (Å²) in [4.78, 5) is 35.1. The van der Waals surface area contributed by atoms with Gasteiger partial charge in [-0.2, -0.15) is 0 Å². The number of oxazole rings is 1. The molecule has 7 nitrogen and oxygen atoms in total. The Kier molecular flexibility index (Phi) is 5.21. The first-order valence-electron chi connectivity index (χ1n) is 6.88. The zero-order valence-corrected chi connectivity index (χ0v) is 12.8. The number of nitrogens with one attached hydrogen (secondary N) is 2. The number of carbonyl (C=O) groups excluding carboxylic acids is 2. The Labute approximate surface area is 131 Å². The molecular formula is C14H16ClN3O4. The van der Waals surface area contributed by atoms with Crippen LogP contribution in [0, 0.1) is 0 Å². The van der Waals surface area contributed by atoms with E-state index in [1.807, 2.05) is 6.92 Å². The maximum Gasteiger partial charge on any atom is 0.420 e. The molecule has 1 aromatic carbocycles.